The number of hydrogen-bond acceptors (Lipinski definition) is 4. The Hall–Kier alpha value is -3.22. The molecule has 6 nitrogen and oxygen atoms in total. The van der Waals surface area contributed by atoms with Crippen LogP contribution in [0.15, 0.2) is 54.6 Å². The number of methoxy groups -OCH3 is 2. The Balaban J connectivity index is 1.87. The lowest BCUT2D eigenvalue weighted by Gasteiger charge is -2.28. The predicted octanol–water partition coefficient (Wildman–Crippen LogP) is 6.09. The molecule has 1 heterocycles. The second-order valence-electron chi connectivity index (χ2n) is 9.72. The van der Waals surface area contributed by atoms with Crippen molar-refractivity contribution < 1.29 is 19.1 Å². The van der Waals surface area contributed by atoms with Crippen molar-refractivity contribution in [3.8, 4) is 11.5 Å². The second kappa shape index (κ2) is 10.3. The Bertz CT molecular complexity index is 1370. The summed E-state index contributed by atoms with van der Waals surface area (Å²) in [5.41, 5.74) is 8.18. The van der Waals surface area contributed by atoms with Crippen LogP contribution >= 0.6 is 23.2 Å². The summed E-state index contributed by atoms with van der Waals surface area (Å²) in [6.45, 7) is 5.98. The number of fused-ring (bicyclic) bond motifs is 1. The van der Waals surface area contributed by atoms with E-state index in [4.69, 9.17) is 38.4 Å². The van der Waals surface area contributed by atoms with Crippen molar-refractivity contribution in [2.75, 3.05) is 19.1 Å². The molecule has 0 bridgehead atoms. The van der Waals surface area contributed by atoms with Crippen LogP contribution in [0.25, 0.3) is 0 Å². The van der Waals surface area contributed by atoms with Gasteiger partial charge in [-0.05, 0) is 65.9 Å². The molecule has 2 amide bonds. The molecular weight excluding hydrogens is 511 g/mol. The fourth-order valence-electron chi connectivity index (χ4n) is 5.21. The van der Waals surface area contributed by atoms with E-state index in [1.165, 1.54) is 0 Å². The number of hydrogen-bond donors (Lipinski definition) is 1. The molecule has 0 aliphatic carbocycles. The Labute approximate surface area is 227 Å². The highest BCUT2D eigenvalue weighted by molar-refractivity contribution is 6.33. The van der Waals surface area contributed by atoms with Gasteiger partial charge >= 0.3 is 0 Å². The van der Waals surface area contributed by atoms with Crippen molar-refractivity contribution in [1.29, 1.82) is 0 Å². The molecule has 0 saturated carbocycles. The monoisotopic (exact) mass is 540 g/mol. The first-order valence-corrected chi connectivity index (χ1v) is 12.7. The third-order valence-corrected chi connectivity index (χ3v) is 7.71. The molecule has 2 atom stereocenters. The lowest BCUT2D eigenvalue weighted by molar-refractivity contribution is -0.121. The van der Waals surface area contributed by atoms with Crippen molar-refractivity contribution in [3.05, 3.63) is 86.9 Å². The minimum absolute atomic E-state index is 0.0284. The fraction of sp³-hybridized carbons (Fsp3) is 0.310. The largest absolute Gasteiger partial charge is 0.497 e. The maximum atomic E-state index is 14.3. The number of benzene rings is 3. The molecule has 194 valence electrons. The van der Waals surface area contributed by atoms with Crippen molar-refractivity contribution in [1.82, 2.24) is 0 Å². The zero-order chi connectivity index (χ0) is 27.1. The fourth-order valence-corrected chi connectivity index (χ4v) is 5.68. The van der Waals surface area contributed by atoms with Gasteiger partial charge in [0.1, 0.15) is 16.9 Å². The summed E-state index contributed by atoms with van der Waals surface area (Å²) in [6.07, 6.45) is 0. The van der Waals surface area contributed by atoms with Crippen LogP contribution in [0.1, 0.15) is 48.9 Å². The molecule has 3 aromatic carbocycles. The number of carbonyl (C=O) groups excluding carboxylic acids is 2. The molecule has 3 aromatic rings. The summed E-state index contributed by atoms with van der Waals surface area (Å²) in [4.78, 5) is 28.3. The van der Waals surface area contributed by atoms with Gasteiger partial charge in [0.2, 0.25) is 11.8 Å². The van der Waals surface area contributed by atoms with Crippen LogP contribution in [0.3, 0.4) is 0 Å². The van der Waals surface area contributed by atoms with Gasteiger partial charge in [0, 0.05) is 27.4 Å². The zero-order valence-corrected chi connectivity index (χ0v) is 23.0. The molecule has 0 spiro atoms. The van der Waals surface area contributed by atoms with Gasteiger partial charge in [-0.25, -0.2) is 0 Å². The number of nitrogens with two attached hydrogens (primary N) is 1. The van der Waals surface area contributed by atoms with Gasteiger partial charge in [0.05, 0.1) is 26.7 Å². The predicted molar refractivity (Wildman–Crippen MR) is 147 cm³/mol. The Kier molecular flexibility index (Phi) is 7.45. The number of carbonyl (C=O) groups is 2. The zero-order valence-electron chi connectivity index (χ0n) is 21.5. The smallest absolute Gasteiger partial charge is 0.242 e. The summed E-state index contributed by atoms with van der Waals surface area (Å²) in [7, 11) is 3.17. The van der Waals surface area contributed by atoms with Crippen LogP contribution in [0.4, 0.5) is 5.69 Å². The van der Waals surface area contributed by atoms with Gasteiger partial charge in [-0.15, -0.1) is 0 Å². The quantitative estimate of drug-likeness (QED) is 0.374. The van der Waals surface area contributed by atoms with E-state index in [1.807, 2.05) is 45.0 Å². The van der Waals surface area contributed by atoms with Crippen LogP contribution in [0, 0.1) is 5.92 Å². The molecule has 0 radical (unpaired) electrons. The highest BCUT2D eigenvalue weighted by Gasteiger charge is 2.50. The van der Waals surface area contributed by atoms with E-state index in [9.17, 15) is 9.59 Å². The molecule has 2 unspecified atom stereocenters. The van der Waals surface area contributed by atoms with Gasteiger partial charge in [0.15, 0.2) is 0 Å². The first kappa shape index (κ1) is 26.8. The van der Waals surface area contributed by atoms with Crippen LogP contribution in [-0.4, -0.2) is 26.0 Å². The van der Waals surface area contributed by atoms with Crippen molar-refractivity contribution >= 4 is 40.7 Å². The highest BCUT2D eigenvalue weighted by atomic mass is 35.5. The van der Waals surface area contributed by atoms with E-state index in [1.54, 1.807) is 49.5 Å². The third kappa shape index (κ3) is 4.64. The number of ether oxygens (including phenoxy) is 2. The normalized spacial score (nSPS) is 17.6. The molecular formula is C29H30Cl2N2O4. The molecule has 37 heavy (non-hydrogen) atoms. The minimum atomic E-state index is -1.15. The first-order chi connectivity index (χ1) is 17.5. The van der Waals surface area contributed by atoms with E-state index in [0.29, 0.717) is 27.1 Å². The number of primary amides is 1. The van der Waals surface area contributed by atoms with E-state index < -0.39 is 17.2 Å². The number of halogens is 2. The van der Waals surface area contributed by atoms with E-state index in [2.05, 4.69) is 0 Å². The summed E-state index contributed by atoms with van der Waals surface area (Å²) in [5.74, 6) is 0.124. The summed E-state index contributed by atoms with van der Waals surface area (Å²) in [5, 5.41) is 0.924. The average molecular weight is 541 g/mol. The molecule has 2 N–H and O–H groups in total. The lowest BCUT2D eigenvalue weighted by Crippen LogP contribution is -2.39. The van der Waals surface area contributed by atoms with Gasteiger partial charge in [-0.3, -0.25) is 9.59 Å². The van der Waals surface area contributed by atoms with Crippen LogP contribution in [0.2, 0.25) is 10.0 Å². The number of nitrogens with zero attached hydrogens (tertiary/aromatic N) is 1. The highest BCUT2D eigenvalue weighted by Crippen LogP contribution is 2.50. The third-order valence-electron chi connectivity index (χ3n) is 7.15. The van der Waals surface area contributed by atoms with E-state index in [0.717, 1.165) is 22.4 Å². The maximum absolute atomic E-state index is 14.3. The van der Waals surface area contributed by atoms with Crippen LogP contribution < -0.4 is 20.1 Å². The van der Waals surface area contributed by atoms with E-state index >= 15 is 0 Å². The molecule has 8 heteroatoms. The van der Waals surface area contributed by atoms with Crippen molar-refractivity contribution in [2.45, 2.75) is 38.6 Å². The first-order valence-electron chi connectivity index (χ1n) is 11.9. The van der Waals surface area contributed by atoms with Gasteiger partial charge in [-0.2, -0.15) is 0 Å². The topological polar surface area (TPSA) is 81.9 Å². The average Bonchev–Trinajstić information content (AvgIpc) is 3.06. The van der Waals surface area contributed by atoms with Crippen LogP contribution in [-0.2, 0) is 21.5 Å². The summed E-state index contributed by atoms with van der Waals surface area (Å²) in [6, 6.07) is 16.3. The minimum Gasteiger partial charge on any atom is -0.497 e. The van der Waals surface area contributed by atoms with Gasteiger partial charge in [0.25, 0.3) is 0 Å². The number of amides is 2. The SMILES string of the molecule is COc1ccc(CN2C(=O)C(C)(c3cc(C(C(N)=O)C(C)C)ccc3Cl)c3cc(Cl)ccc32)c(OC)c1. The van der Waals surface area contributed by atoms with Gasteiger partial charge in [-0.1, -0.05) is 49.2 Å². The van der Waals surface area contributed by atoms with Crippen LogP contribution in [0.5, 0.6) is 11.5 Å². The number of anilines is 1. The second-order valence-corrected chi connectivity index (χ2v) is 10.6. The standard InChI is InChI=1S/C29H30Cl2N2O4/c1-16(2)26(27(32)34)17-7-10-23(31)21(12-17)29(3)22-13-19(30)8-11-24(22)33(28(29)35)15-18-6-9-20(36-4)14-25(18)37-5/h6-14,16,26H,15H2,1-5H3,(H2,32,34). The lowest BCUT2D eigenvalue weighted by atomic mass is 9.75. The summed E-state index contributed by atoms with van der Waals surface area (Å²) < 4.78 is 10.9. The van der Waals surface area contributed by atoms with Gasteiger partial charge < -0.3 is 20.1 Å². The Morgan fingerprint density at radius 2 is 1.73 bits per heavy atom. The molecule has 0 fully saturated rings. The van der Waals surface area contributed by atoms with Crippen molar-refractivity contribution in [2.24, 2.45) is 11.7 Å². The Morgan fingerprint density at radius 3 is 2.35 bits per heavy atom. The molecule has 4 rings (SSSR count). The maximum Gasteiger partial charge on any atom is 0.242 e. The number of rotatable bonds is 8. The molecule has 0 saturated heterocycles. The summed E-state index contributed by atoms with van der Waals surface area (Å²) >= 11 is 13.2. The molecule has 1 aliphatic heterocycles. The van der Waals surface area contributed by atoms with E-state index in [-0.39, 0.29) is 18.4 Å². The molecule has 1 aliphatic rings. The van der Waals surface area contributed by atoms with Crippen molar-refractivity contribution in [3.63, 3.8) is 0 Å². The molecule has 0 aromatic heterocycles. The Morgan fingerprint density at radius 1 is 1.00 bits per heavy atom.